The summed E-state index contributed by atoms with van der Waals surface area (Å²) in [5.41, 5.74) is 2.39. The second-order valence-electron chi connectivity index (χ2n) is 3.48. The minimum absolute atomic E-state index is 0.349. The zero-order valence-electron chi connectivity index (χ0n) is 9.53. The number of nitrogens with one attached hydrogen (secondary N) is 1. The van der Waals surface area contributed by atoms with Crippen molar-refractivity contribution in [1.29, 1.82) is 0 Å². The molecule has 5 nitrogen and oxygen atoms in total. The Balaban J connectivity index is 2.31. The molecule has 17 heavy (non-hydrogen) atoms. The van der Waals surface area contributed by atoms with Crippen LogP contribution >= 0.6 is 15.9 Å². The number of rotatable bonds is 2. The van der Waals surface area contributed by atoms with Crippen LogP contribution < -0.4 is 5.32 Å². The molecule has 0 radical (unpaired) electrons. The predicted molar refractivity (Wildman–Crippen MR) is 68.3 cm³/mol. The zero-order chi connectivity index (χ0) is 12.4. The lowest BCUT2D eigenvalue weighted by Crippen LogP contribution is -2.13. The molecule has 0 saturated heterocycles. The van der Waals surface area contributed by atoms with Gasteiger partial charge in [-0.2, -0.15) is 0 Å². The van der Waals surface area contributed by atoms with Crippen LogP contribution in [0, 0.1) is 6.92 Å². The van der Waals surface area contributed by atoms with Crippen molar-refractivity contribution in [1.82, 2.24) is 9.38 Å². The lowest BCUT2D eigenvalue weighted by atomic mass is 10.4. The fourth-order valence-electron chi connectivity index (χ4n) is 1.49. The molecule has 0 saturated carbocycles. The Morgan fingerprint density at radius 2 is 2.35 bits per heavy atom. The minimum atomic E-state index is -0.459. The van der Waals surface area contributed by atoms with Crippen molar-refractivity contribution in [2.75, 3.05) is 11.9 Å². The normalized spacial score (nSPS) is 10.5. The van der Waals surface area contributed by atoms with Crippen LogP contribution in [-0.4, -0.2) is 22.1 Å². The van der Waals surface area contributed by atoms with Crippen LogP contribution in [0.25, 0.3) is 5.65 Å². The number of pyridine rings is 1. The van der Waals surface area contributed by atoms with E-state index in [-0.39, 0.29) is 0 Å². The second-order valence-corrected chi connectivity index (χ2v) is 4.23. The second kappa shape index (κ2) is 4.75. The Morgan fingerprint density at radius 1 is 1.59 bits per heavy atom. The molecular formula is C11H12BrN3O2. The monoisotopic (exact) mass is 297 g/mol. The third kappa shape index (κ3) is 2.41. The summed E-state index contributed by atoms with van der Waals surface area (Å²) in [6, 6.07) is 3.62. The SMILES string of the molecule is CCOC(=O)Nc1ccc2nc(C)c(Br)n2c1. The molecule has 6 heteroatoms. The largest absolute Gasteiger partial charge is 0.450 e. The smallest absolute Gasteiger partial charge is 0.411 e. The van der Waals surface area contributed by atoms with Crippen LogP contribution in [0.1, 0.15) is 12.6 Å². The van der Waals surface area contributed by atoms with Crippen LogP contribution in [0.2, 0.25) is 0 Å². The molecule has 0 aromatic carbocycles. The first-order chi connectivity index (χ1) is 8.11. The average Bonchev–Trinajstić information content (AvgIpc) is 2.56. The molecule has 1 N–H and O–H groups in total. The first-order valence-electron chi connectivity index (χ1n) is 5.19. The number of hydrogen-bond acceptors (Lipinski definition) is 3. The van der Waals surface area contributed by atoms with E-state index in [1.807, 2.05) is 17.4 Å². The third-order valence-corrected chi connectivity index (χ3v) is 3.20. The lowest BCUT2D eigenvalue weighted by molar-refractivity contribution is 0.168. The highest BCUT2D eigenvalue weighted by Crippen LogP contribution is 2.20. The molecule has 0 fully saturated rings. The predicted octanol–water partition coefficient (Wildman–Crippen LogP) is 2.97. The Hall–Kier alpha value is -1.56. The van der Waals surface area contributed by atoms with Crippen molar-refractivity contribution in [3.63, 3.8) is 0 Å². The number of carbonyl (C=O) groups is 1. The fourth-order valence-corrected chi connectivity index (χ4v) is 1.87. The number of hydrogen-bond donors (Lipinski definition) is 1. The van der Waals surface area contributed by atoms with Gasteiger partial charge in [-0.15, -0.1) is 0 Å². The molecule has 2 heterocycles. The number of ether oxygens (including phenoxy) is 1. The standard InChI is InChI=1S/C11H12BrN3O2/c1-3-17-11(16)14-8-4-5-9-13-7(2)10(12)15(9)6-8/h4-6H,3H2,1-2H3,(H,14,16). The van der Waals surface area contributed by atoms with Crippen LogP contribution in [0.5, 0.6) is 0 Å². The molecule has 0 aliphatic heterocycles. The van der Waals surface area contributed by atoms with Gasteiger partial charge in [-0.05, 0) is 41.9 Å². The van der Waals surface area contributed by atoms with Gasteiger partial charge in [-0.25, -0.2) is 9.78 Å². The van der Waals surface area contributed by atoms with Gasteiger partial charge in [-0.1, -0.05) is 0 Å². The van der Waals surface area contributed by atoms with E-state index in [1.54, 1.807) is 19.2 Å². The molecular weight excluding hydrogens is 286 g/mol. The average molecular weight is 298 g/mol. The minimum Gasteiger partial charge on any atom is -0.450 e. The van der Waals surface area contributed by atoms with E-state index in [1.165, 1.54) is 0 Å². The van der Waals surface area contributed by atoms with Crippen molar-refractivity contribution in [3.8, 4) is 0 Å². The molecule has 0 bridgehead atoms. The number of anilines is 1. The summed E-state index contributed by atoms with van der Waals surface area (Å²) >= 11 is 3.44. The van der Waals surface area contributed by atoms with Gasteiger partial charge in [0.25, 0.3) is 0 Å². The molecule has 90 valence electrons. The Morgan fingerprint density at radius 3 is 3.06 bits per heavy atom. The number of carbonyl (C=O) groups excluding carboxylic acids is 1. The summed E-state index contributed by atoms with van der Waals surface area (Å²) in [4.78, 5) is 15.6. The maximum atomic E-state index is 11.3. The van der Waals surface area contributed by atoms with Gasteiger partial charge >= 0.3 is 6.09 Å². The summed E-state index contributed by atoms with van der Waals surface area (Å²) in [5, 5.41) is 2.64. The summed E-state index contributed by atoms with van der Waals surface area (Å²) in [7, 11) is 0. The van der Waals surface area contributed by atoms with E-state index in [9.17, 15) is 4.79 Å². The molecule has 1 amide bonds. The first-order valence-corrected chi connectivity index (χ1v) is 5.99. The van der Waals surface area contributed by atoms with Crippen LogP contribution in [0.15, 0.2) is 22.9 Å². The van der Waals surface area contributed by atoms with E-state index >= 15 is 0 Å². The molecule has 0 aliphatic carbocycles. The number of nitrogens with zero attached hydrogens (tertiary/aromatic N) is 2. The molecule has 0 aliphatic rings. The highest BCUT2D eigenvalue weighted by Gasteiger charge is 2.07. The van der Waals surface area contributed by atoms with Crippen molar-refractivity contribution in [2.24, 2.45) is 0 Å². The van der Waals surface area contributed by atoms with Crippen molar-refractivity contribution in [3.05, 3.63) is 28.6 Å². The number of aryl methyl sites for hydroxylation is 1. The summed E-state index contributed by atoms with van der Waals surface area (Å²) in [6.45, 7) is 4.02. The maximum absolute atomic E-state index is 11.3. The molecule has 2 aromatic heterocycles. The van der Waals surface area contributed by atoms with Gasteiger partial charge in [-0.3, -0.25) is 9.72 Å². The molecule has 2 aromatic rings. The van der Waals surface area contributed by atoms with Gasteiger partial charge < -0.3 is 4.74 Å². The van der Waals surface area contributed by atoms with Gasteiger partial charge in [0.05, 0.1) is 18.0 Å². The maximum Gasteiger partial charge on any atom is 0.411 e. The fraction of sp³-hybridized carbons (Fsp3) is 0.273. The van der Waals surface area contributed by atoms with E-state index in [2.05, 4.69) is 26.2 Å². The van der Waals surface area contributed by atoms with E-state index in [0.717, 1.165) is 15.9 Å². The van der Waals surface area contributed by atoms with Crippen molar-refractivity contribution < 1.29 is 9.53 Å². The van der Waals surface area contributed by atoms with Crippen LogP contribution in [0.3, 0.4) is 0 Å². The number of imidazole rings is 1. The number of aromatic nitrogens is 2. The highest BCUT2D eigenvalue weighted by atomic mass is 79.9. The summed E-state index contributed by atoms with van der Waals surface area (Å²) < 4.78 is 7.54. The Bertz CT molecular complexity index is 565. The van der Waals surface area contributed by atoms with Crippen LogP contribution in [-0.2, 0) is 4.74 Å². The Kier molecular flexibility index (Phi) is 3.33. The number of halogens is 1. The first kappa shape index (κ1) is 11.9. The van der Waals surface area contributed by atoms with Gasteiger partial charge in [0, 0.05) is 6.20 Å². The Labute approximate surface area is 107 Å². The van der Waals surface area contributed by atoms with E-state index in [4.69, 9.17) is 4.74 Å². The quantitative estimate of drug-likeness (QED) is 0.927. The molecule has 0 unspecified atom stereocenters. The van der Waals surface area contributed by atoms with Crippen molar-refractivity contribution in [2.45, 2.75) is 13.8 Å². The highest BCUT2D eigenvalue weighted by molar-refractivity contribution is 9.10. The molecule has 2 rings (SSSR count). The number of amides is 1. The molecule has 0 atom stereocenters. The van der Waals surface area contributed by atoms with E-state index in [0.29, 0.717) is 12.3 Å². The van der Waals surface area contributed by atoms with Gasteiger partial charge in [0.15, 0.2) is 0 Å². The zero-order valence-corrected chi connectivity index (χ0v) is 11.1. The topological polar surface area (TPSA) is 55.6 Å². The molecule has 0 spiro atoms. The number of fused-ring (bicyclic) bond motifs is 1. The lowest BCUT2D eigenvalue weighted by Gasteiger charge is -2.05. The van der Waals surface area contributed by atoms with Gasteiger partial charge in [0.1, 0.15) is 10.3 Å². The third-order valence-electron chi connectivity index (χ3n) is 2.24. The summed E-state index contributed by atoms with van der Waals surface area (Å²) in [5.74, 6) is 0. The van der Waals surface area contributed by atoms with Gasteiger partial charge in [0.2, 0.25) is 0 Å². The van der Waals surface area contributed by atoms with Crippen molar-refractivity contribution >= 4 is 33.4 Å². The van der Waals surface area contributed by atoms with E-state index < -0.39 is 6.09 Å². The van der Waals surface area contributed by atoms with Crippen LogP contribution in [0.4, 0.5) is 10.5 Å². The summed E-state index contributed by atoms with van der Waals surface area (Å²) in [6.07, 6.45) is 1.33.